The average Bonchev–Trinajstić information content (AvgIpc) is 2.65. The third kappa shape index (κ3) is 4.51. The molecule has 0 aliphatic carbocycles. The predicted molar refractivity (Wildman–Crippen MR) is 104 cm³/mol. The standard InChI is InChI=1S/C19H25Cl2N3O2/c1-12-17(5-2-8-22-12)23-18(25)14-4-3-9-24(11-14)19(26)13-6-7-15(20)16(21)10-13/h6-7,10,12,14,17,22H,2-5,8-9,11H2,1H3,(H,23,25). The largest absolute Gasteiger partial charge is 0.352 e. The second-order valence-electron chi connectivity index (χ2n) is 7.22. The number of nitrogens with zero attached hydrogens (tertiary/aromatic N) is 1. The number of benzene rings is 1. The van der Waals surface area contributed by atoms with Crippen LogP contribution in [-0.2, 0) is 4.79 Å². The zero-order valence-corrected chi connectivity index (χ0v) is 16.4. The van der Waals surface area contributed by atoms with Crippen LogP contribution in [-0.4, -0.2) is 48.4 Å². The highest BCUT2D eigenvalue weighted by Gasteiger charge is 2.31. The molecule has 142 valence electrons. The second kappa shape index (κ2) is 8.59. The summed E-state index contributed by atoms with van der Waals surface area (Å²) in [5.41, 5.74) is 0.505. The maximum absolute atomic E-state index is 12.8. The number of hydrogen-bond donors (Lipinski definition) is 2. The van der Waals surface area contributed by atoms with Crippen molar-refractivity contribution in [2.24, 2.45) is 5.92 Å². The number of carbonyl (C=O) groups is 2. The van der Waals surface area contributed by atoms with E-state index < -0.39 is 0 Å². The minimum Gasteiger partial charge on any atom is -0.352 e. The molecule has 2 aliphatic rings. The average molecular weight is 398 g/mol. The molecule has 2 aliphatic heterocycles. The summed E-state index contributed by atoms with van der Waals surface area (Å²) < 4.78 is 0. The van der Waals surface area contributed by atoms with E-state index in [1.165, 1.54) is 0 Å². The van der Waals surface area contributed by atoms with Crippen molar-refractivity contribution in [1.82, 2.24) is 15.5 Å². The molecule has 3 atom stereocenters. The Balaban J connectivity index is 1.61. The van der Waals surface area contributed by atoms with Crippen molar-refractivity contribution in [3.8, 4) is 0 Å². The van der Waals surface area contributed by atoms with Gasteiger partial charge in [-0.3, -0.25) is 9.59 Å². The SMILES string of the molecule is CC1NCCCC1NC(=O)C1CCCN(C(=O)c2ccc(Cl)c(Cl)c2)C1. The van der Waals surface area contributed by atoms with Crippen molar-refractivity contribution >= 4 is 35.0 Å². The lowest BCUT2D eigenvalue weighted by molar-refractivity contribution is -0.127. The number of nitrogens with one attached hydrogen (secondary N) is 2. The van der Waals surface area contributed by atoms with Gasteiger partial charge in [0.2, 0.25) is 5.91 Å². The minimum absolute atomic E-state index is 0.0530. The van der Waals surface area contributed by atoms with Gasteiger partial charge in [-0.2, -0.15) is 0 Å². The molecule has 1 aromatic carbocycles. The van der Waals surface area contributed by atoms with E-state index in [9.17, 15) is 9.59 Å². The van der Waals surface area contributed by atoms with E-state index in [1.807, 2.05) is 0 Å². The molecule has 2 amide bonds. The third-order valence-electron chi connectivity index (χ3n) is 5.34. The van der Waals surface area contributed by atoms with Crippen LogP contribution in [0.25, 0.3) is 0 Å². The highest BCUT2D eigenvalue weighted by atomic mass is 35.5. The Hall–Kier alpha value is -1.30. The molecular formula is C19H25Cl2N3O2. The van der Waals surface area contributed by atoms with Gasteiger partial charge >= 0.3 is 0 Å². The van der Waals surface area contributed by atoms with Crippen LogP contribution in [0.4, 0.5) is 0 Å². The van der Waals surface area contributed by atoms with Crippen molar-refractivity contribution < 1.29 is 9.59 Å². The van der Waals surface area contributed by atoms with E-state index in [0.29, 0.717) is 28.7 Å². The van der Waals surface area contributed by atoms with Gasteiger partial charge in [0.15, 0.2) is 0 Å². The molecule has 26 heavy (non-hydrogen) atoms. The van der Waals surface area contributed by atoms with Crippen LogP contribution in [0.2, 0.25) is 10.0 Å². The summed E-state index contributed by atoms with van der Waals surface area (Å²) in [6.45, 7) is 4.21. The first kappa shape index (κ1) is 19.5. The molecule has 7 heteroatoms. The van der Waals surface area contributed by atoms with Crippen LogP contribution in [0.15, 0.2) is 18.2 Å². The summed E-state index contributed by atoms with van der Waals surface area (Å²) in [7, 11) is 0. The number of carbonyl (C=O) groups excluding carboxylic acids is 2. The minimum atomic E-state index is -0.162. The summed E-state index contributed by atoms with van der Waals surface area (Å²) in [5.74, 6) is -0.212. The first-order valence-corrected chi connectivity index (χ1v) is 9.99. The van der Waals surface area contributed by atoms with Crippen molar-refractivity contribution in [1.29, 1.82) is 0 Å². The van der Waals surface area contributed by atoms with Crippen molar-refractivity contribution in [2.45, 2.75) is 44.7 Å². The van der Waals surface area contributed by atoms with Crippen molar-refractivity contribution in [3.05, 3.63) is 33.8 Å². The molecule has 2 heterocycles. The van der Waals surface area contributed by atoms with Gasteiger partial charge in [0.05, 0.1) is 16.0 Å². The number of halogens is 2. The number of amides is 2. The lowest BCUT2D eigenvalue weighted by atomic mass is 9.94. The summed E-state index contributed by atoms with van der Waals surface area (Å²) in [4.78, 5) is 27.2. The molecule has 2 saturated heterocycles. The van der Waals surface area contributed by atoms with Crippen LogP contribution >= 0.6 is 23.2 Å². The maximum atomic E-state index is 12.8. The van der Waals surface area contributed by atoms with Gasteiger partial charge < -0.3 is 15.5 Å². The highest BCUT2D eigenvalue weighted by Crippen LogP contribution is 2.25. The molecule has 0 spiro atoms. The molecule has 0 radical (unpaired) electrons. The summed E-state index contributed by atoms with van der Waals surface area (Å²) >= 11 is 12.0. The Bertz CT molecular complexity index is 683. The molecule has 2 fully saturated rings. The molecule has 3 rings (SSSR count). The zero-order valence-electron chi connectivity index (χ0n) is 14.9. The molecule has 0 saturated carbocycles. The van der Waals surface area contributed by atoms with E-state index >= 15 is 0 Å². The van der Waals surface area contributed by atoms with Gasteiger partial charge in [-0.05, 0) is 57.4 Å². The van der Waals surface area contributed by atoms with E-state index in [-0.39, 0.29) is 29.8 Å². The maximum Gasteiger partial charge on any atom is 0.253 e. The Morgan fingerprint density at radius 3 is 2.73 bits per heavy atom. The summed E-state index contributed by atoms with van der Waals surface area (Å²) in [6.07, 6.45) is 3.70. The van der Waals surface area contributed by atoms with E-state index in [4.69, 9.17) is 23.2 Å². The quantitative estimate of drug-likeness (QED) is 0.823. The van der Waals surface area contributed by atoms with Gasteiger partial charge in [-0.25, -0.2) is 0 Å². The van der Waals surface area contributed by atoms with Gasteiger partial charge in [0.1, 0.15) is 0 Å². The second-order valence-corrected chi connectivity index (χ2v) is 8.03. The molecular weight excluding hydrogens is 373 g/mol. The number of likely N-dealkylation sites (tertiary alicyclic amines) is 1. The Morgan fingerprint density at radius 1 is 1.19 bits per heavy atom. The fourth-order valence-electron chi connectivity index (χ4n) is 3.73. The van der Waals surface area contributed by atoms with Gasteiger partial charge in [-0.1, -0.05) is 23.2 Å². The number of rotatable bonds is 3. The van der Waals surface area contributed by atoms with Crippen LogP contribution in [0.1, 0.15) is 43.0 Å². The predicted octanol–water partition coefficient (Wildman–Crippen LogP) is 3.10. The molecule has 2 N–H and O–H groups in total. The molecule has 0 aromatic heterocycles. The Morgan fingerprint density at radius 2 is 2.00 bits per heavy atom. The normalized spacial score (nSPS) is 26.4. The Kier molecular flexibility index (Phi) is 6.43. The van der Waals surface area contributed by atoms with Crippen molar-refractivity contribution in [3.63, 3.8) is 0 Å². The monoisotopic (exact) mass is 397 g/mol. The molecule has 5 nitrogen and oxygen atoms in total. The Labute approximate surface area is 164 Å². The van der Waals surface area contributed by atoms with E-state index in [0.717, 1.165) is 32.2 Å². The van der Waals surface area contributed by atoms with Gasteiger partial charge in [-0.15, -0.1) is 0 Å². The molecule has 3 unspecified atom stereocenters. The topological polar surface area (TPSA) is 61.4 Å². The van der Waals surface area contributed by atoms with E-state index in [2.05, 4.69) is 17.6 Å². The fraction of sp³-hybridized carbons (Fsp3) is 0.579. The van der Waals surface area contributed by atoms with Crippen LogP contribution in [0, 0.1) is 5.92 Å². The lowest BCUT2D eigenvalue weighted by Crippen LogP contribution is -2.54. The number of hydrogen-bond acceptors (Lipinski definition) is 3. The van der Waals surface area contributed by atoms with Crippen LogP contribution in [0.3, 0.4) is 0 Å². The summed E-state index contributed by atoms with van der Waals surface area (Å²) in [5, 5.41) is 7.36. The van der Waals surface area contributed by atoms with Crippen molar-refractivity contribution in [2.75, 3.05) is 19.6 Å². The fourth-order valence-corrected chi connectivity index (χ4v) is 4.03. The molecule has 1 aromatic rings. The zero-order chi connectivity index (χ0) is 18.7. The lowest BCUT2D eigenvalue weighted by Gasteiger charge is -2.35. The highest BCUT2D eigenvalue weighted by molar-refractivity contribution is 6.42. The number of piperidine rings is 2. The smallest absolute Gasteiger partial charge is 0.253 e. The first-order chi connectivity index (χ1) is 12.5. The van der Waals surface area contributed by atoms with Gasteiger partial charge in [0, 0.05) is 30.7 Å². The molecule has 0 bridgehead atoms. The van der Waals surface area contributed by atoms with Crippen LogP contribution in [0.5, 0.6) is 0 Å². The summed E-state index contributed by atoms with van der Waals surface area (Å²) in [6, 6.07) is 5.34. The van der Waals surface area contributed by atoms with E-state index in [1.54, 1.807) is 23.1 Å². The van der Waals surface area contributed by atoms with Crippen LogP contribution < -0.4 is 10.6 Å². The van der Waals surface area contributed by atoms with Gasteiger partial charge in [0.25, 0.3) is 5.91 Å². The first-order valence-electron chi connectivity index (χ1n) is 9.24. The third-order valence-corrected chi connectivity index (χ3v) is 6.07.